The van der Waals surface area contributed by atoms with Gasteiger partial charge < -0.3 is 4.98 Å². The van der Waals surface area contributed by atoms with Crippen LogP contribution in [-0.2, 0) is 16.6 Å². The van der Waals surface area contributed by atoms with Gasteiger partial charge in [0.15, 0.2) is 0 Å². The molecule has 0 radical (unpaired) electrons. The van der Waals surface area contributed by atoms with E-state index in [1.54, 1.807) is 12.1 Å². The van der Waals surface area contributed by atoms with E-state index in [4.69, 9.17) is 5.26 Å². The van der Waals surface area contributed by atoms with E-state index >= 15 is 0 Å². The first kappa shape index (κ1) is 16.0. The summed E-state index contributed by atoms with van der Waals surface area (Å²) in [5, 5.41) is 13.6. The first-order valence-electron chi connectivity index (χ1n) is 7.08. The molecule has 0 aliphatic heterocycles. The molecule has 9 heteroatoms. The molecule has 0 saturated heterocycles. The average molecular weight is 347 g/mol. The Hall–Kier alpha value is -2.86. The van der Waals surface area contributed by atoms with Crippen molar-refractivity contribution in [3.8, 4) is 6.07 Å². The molecule has 0 unspecified atom stereocenters. The monoisotopic (exact) mass is 347 g/mol. The van der Waals surface area contributed by atoms with Crippen LogP contribution in [0.4, 0.5) is 10.1 Å². The average Bonchev–Trinajstić information content (AvgIpc) is 3.18. The molecule has 1 aromatic carbocycles. The molecular weight excluding hydrogens is 333 g/mol. The number of nitriles is 1. The molecular formula is C15H14FN5O2S. The van der Waals surface area contributed by atoms with E-state index < -0.39 is 16.7 Å². The Morgan fingerprint density at radius 2 is 2.25 bits per heavy atom. The van der Waals surface area contributed by atoms with Crippen LogP contribution >= 0.6 is 0 Å². The molecule has 24 heavy (non-hydrogen) atoms. The number of alkyl halides is 1. The number of sulfonamides is 1. The van der Waals surface area contributed by atoms with E-state index in [1.165, 1.54) is 23.3 Å². The molecule has 0 spiro atoms. The lowest BCUT2D eigenvalue weighted by Crippen LogP contribution is -2.13. The third-order valence-corrected chi connectivity index (χ3v) is 4.96. The highest BCUT2D eigenvalue weighted by molar-refractivity contribution is 7.92. The van der Waals surface area contributed by atoms with Crippen LogP contribution in [0.15, 0.2) is 35.6 Å². The quantitative estimate of drug-likeness (QED) is 0.739. The predicted octanol–water partition coefficient (Wildman–Crippen LogP) is 2.31. The molecule has 2 heterocycles. The fourth-order valence-corrected chi connectivity index (χ4v) is 3.51. The number of nitrogens with zero attached hydrogens (tertiary/aromatic N) is 3. The predicted molar refractivity (Wildman–Crippen MR) is 86.8 cm³/mol. The van der Waals surface area contributed by atoms with Gasteiger partial charge in [0.05, 0.1) is 29.5 Å². The molecule has 3 rings (SSSR count). The van der Waals surface area contributed by atoms with Gasteiger partial charge >= 0.3 is 0 Å². The van der Waals surface area contributed by atoms with Crippen molar-refractivity contribution < 1.29 is 12.8 Å². The number of nitrogens with one attached hydrogen (secondary N) is 2. The van der Waals surface area contributed by atoms with Crippen molar-refractivity contribution >= 4 is 26.6 Å². The van der Waals surface area contributed by atoms with Crippen LogP contribution in [0, 0.1) is 18.3 Å². The Kier molecular flexibility index (Phi) is 3.99. The number of hydrogen-bond donors (Lipinski definition) is 2. The lowest BCUT2D eigenvalue weighted by molar-refractivity contribution is 0.427. The zero-order valence-corrected chi connectivity index (χ0v) is 13.6. The van der Waals surface area contributed by atoms with E-state index in [0.29, 0.717) is 22.2 Å². The van der Waals surface area contributed by atoms with Crippen molar-refractivity contribution in [1.29, 1.82) is 5.26 Å². The zero-order chi connectivity index (χ0) is 17.3. The molecule has 0 amide bonds. The third-order valence-electron chi connectivity index (χ3n) is 3.64. The number of hydrogen-bond acceptors (Lipinski definition) is 4. The highest BCUT2D eigenvalue weighted by atomic mass is 32.2. The molecule has 0 saturated carbocycles. The highest BCUT2D eigenvalue weighted by Crippen LogP contribution is 2.29. The maximum atomic E-state index is 12.5. The van der Waals surface area contributed by atoms with Gasteiger partial charge in [-0.05, 0) is 18.6 Å². The van der Waals surface area contributed by atoms with Crippen LogP contribution in [-0.4, -0.2) is 29.9 Å². The van der Waals surface area contributed by atoms with Crippen LogP contribution in [0.1, 0.15) is 11.1 Å². The maximum absolute atomic E-state index is 12.5. The standard InChI is InChI=1S/C15H14FN5O2S/c1-10-2-3-13(15-14(10)11(6-17)7-18-15)20-24(22,23)12-8-19-21(9-12)5-4-16/h2-3,7-9,18,20H,4-5H2,1H3. The van der Waals surface area contributed by atoms with Gasteiger partial charge in [-0.2, -0.15) is 10.4 Å². The van der Waals surface area contributed by atoms with Crippen molar-refractivity contribution in [2.45, 2.75) is 18.4 Å². The normalized spacial score (nSPS) is 11.5. The molecule has 2 N–H and O–H groups in total. The van der Waals surface area contributed by atoms with Gasteiger partial charge in [0, 0.05) is 17.8 Å². The van der Waals surface area contributed by atoms with E-state index in [9.17, 15) is 12.8 Å². The smallest absolute Gasteiger partial charge is 0.265 e. The van der Waals surface area contributed by atoms with Crippen LogP contribution < -0.4 is 4.72 Å². The second kappa shape index (κ2) is 5.98. The van der Waals surface area contributed by atoms with E-state index in [2.05, 4.69) is 20.9 Å². The number of fused-ring (bicyclic) bond motifs is 1. The van der Waals surface area contributed by atoms with Crippen molar-refractivity contribution in [2.24, 2.45) is 0 Å². The minimum absolute atomic E-state index is 0.00749. The second-order valence-corrected chi connectivity index (χ2v) is 6.91. The van der Waals surface area contributed by atoms with Crippen LogP contribution in [0.5, 0.6) is 0 Å². The molecule has 2 aromatic heterocycles. The summed E-state index contributed by atoms with van der Waals surface area (Å²) in [6.07, 6.45) is 3.97. The summed E-state index contributed by atoms with van der Waals surface area (Å²) in [7, 11) is -3.87. The van der Waals surface area contributed by atoms with Crippen LogP contribution in [0.2, 0.25) is 0 Å². The van der Waals surface area contributed by atoms with E-state index in [-0.39, 0.29) is 11.4 Å². The van der Waals surface area contributed by atoms with Crippen molar-refractivity contribution in [3.05, 3.63) is 41.9 Å². The summed E-state index contributed by atoms with van der Waals surface area (Å²) >= 11 is 0. The number of aromatic amines is 1. The minimum Gasteiger partial charge on any atom is -0.358 e. The molecule has 0 aliphatic carbocycles. The third kappa shape index (κ3) is 2.72. The molecule has 0 bridgehead atoms. The summed E-state index contributed by atoms with van der Waals surface area (Å²) in [4.78, 5) is 2.87. The number of aromatic nitrogens is 3. The molecule has 0 aliphatic rings. The second-order valence-electron chi connectivity index (χ2n) is 5.23. The summed E-state index contributed by atoms with van der Waals surface area (Å²) in [6.45, 7) is 1.20. The highest BCUT2D eigenvalue weighted by Gasteiger charge is 2.19. The van der Waals surface area contributed by atoms with Gasteiger partial charge in [0.1, 0.15) is 17.6 Å². The Labute approximate surface area is 137 Å². The van der Waals surface area contributed by atoms with Gasteiger partial charge in [0.25, 0.3) is 10.0 Å². The Morgan fingerprint density at radius 3 is 2.96 bits per heavy atom. The summed E-state index contributed by atoms with van der Waals surface area (Å²) in [5.74, 6) is 0. The maximum Gasteiger partial charge on any atom is 0.265 e. The molecule has 7 nitrogen and oxygen atoms in total. The van der Waals surface area contributed by atoms with E-state index in [1.807, 2.05) is 6.92 Å². The lowest BCUT2D eigenvalue weighted by Gasteiger charge is -2.09. The van der Waals surface area contributed by atoms with Gasteiger partial charge in [-0.25, -0.2) is 12.8 Å². The number of benzene rings is 1. The van der Waals surface area contributed by atoms with Crippen molar-refractivity contribution in [1.82, 2.24) is 14.8 Å². The molecule has 124 valence electrons. The molecule has 3 aromatic rings. The number of aryl methyl sites for hydroxylation is 2. The Morgan fingerprint density at radius 1 is 1.46 bits per heavy atom. The fraction of sp³-hybridized carbons (Fsp3) is 0.200. The van der Waals surface area contributed by atoms with Gasteiger partial charge in [0.2, 0.25) is 0 Å². The largest absolute Gasteiger partial charge is 0.358 e. The van der Waals surface area contributed by atoms with Crippen LogP contribution in [0.25, 0.3) is 10.9 Å². The molecule has 0 atom stereocenters. The summed E-state index contributed by atoms with van der Waals surface area (Å²) in [6, 6.07) is 5.43. The fourth-order valence-electron chi connectivity index (χ4n) is 2.49. The first-order chi connectivity index (χ1) is 11.5. The number of halogens is 1. The zero-order valence-electron chi connectivity index (χ0n) is 12.7. The lowest BCUT2D eigenvalue weighted by atomic mass is 10.1. The van der Waals surface area contributed by atoms with Gasteiger partial charge in [-0.1, -0.05) is 6.07 Å². The SMILES string of the molecule is Cc1ccc(NS(=O)(=O)c2cnn(CCF)c2)c2[nH]cc(C#N)c12. The first-order valence-corrected chi connectivity index (χ1v) is 8.56. The Bertz CT molecular complexity index is 1050. The summed E-state index contributed by atoms with van der Waals surface area (Å²) < 4.78 is 41.0. The number of H-pyrrole nitrogens is 1. The summed E-state index contributed by atoms with van der Waals surface area (Å²) in [5.41, 5.74) is 2.17. The minimum atomic E-state index is -3.87. The number of anilines is 1. The topological polar surface area (TPSA) is 104 Å². The van der Waals surface area contributed by atoms with Gasteiger partial charge in [-0.15, -0.1) is 0 Å². The van der Waals surface area contributed by atoms with E-state index in [0.717, 1.165) is 5.56 Å². The molecule has 0 fully saturated rings. The van der Waals surface area contributed by atoms with Crippen molar-refractivity contribution in [2.75, 3.05) is 11.4 Å². The van der Waals surface area contributed by atoms with Gasteiger partial charge in [-0.3, -0.25) is 9.40 Å². The van der Waals surface area contributed by atoms with Crippen molar-refractivity contribution in [3.63, 3.8) is 0 Å². The Balaban J connectivity index is 2.01. The van der Waals surface area contributed by atoms with Crippen LogP contribution in [0.3, 0.4) is 0 Å². The number of rotatable bonds is 5.